The Labute approximate surface area is 128 Å². The van der Waals surface area contributed by atoms with Crippen molar-refractivity contribution in [3.63, 3.8) is 0 Å². The number of hydrogen-bond acceptors (Lipinski definition) is 3. The van der Waals surface area contributed by atoms with Crippen molar-refractivity contribution in [1.29, 1.82) is 0 Å². The van der Waals surface area contributed by atoms with Crippen molar-refractivity contribution >= 4 is 14.0 Å². The van der Waals surface area contributed by atoms with Crippen molar-refractivity contribution in [3.8, 4) is 0 Å². The summed E-state index contributed by atoms with van der Waals surface area (Å²) in [5, 5.41) is 10.6. The molecule has 0 aliphatic carbocycles. The number of carbonyl (C=O) groups is 1. The van der Waals surface area contributed by atoms with Gasteiger partial charge in [0.05, 0.1) is 13.6 Å². The smallest absolute Gasteiger partial charge is 0.336 e. The molecule has 1 aromatic rings. The summed E-state index contributed by atoms with van der Waals surface area (Å²) in [4.78, 5) is 12.4. The molecule has 4 heteroatoms. The maximum Gasteiger partial charge on any atom is 0.336 e. The van der Waals surface area contributed by atoms with E-state index in [1.54, 1.807) is 0 Å². The fourth-order valence-electron chi connectivity index (χ4n) is 1.87. The Morgan fingerprint density at radius 1 is 1.19 bits per heavy atom. The van der Waals surface area contributed by atoms with Gasteiger partial charge in [0.25, 0.3) is 0 Å². The first-order valence-corrected chi connectivity index (χ1v) is 10.8. The molecule has 21 heavy (non-hydrogen) atoms. The van der Waals surface area contributed by atoms with E-state index >= 15 is 0 Å². The molecule has 0 radical (unpaired) electrons. The Morgan fingerprint density at radius 3 is 2.14 bits per heavy atom. The third kappa shape index (κ3) is 6.27. The molecular weight excluding hydrogens is 280 g/mol. The molecular formula is C17H26O3Si. The van der Waals surface area contributed by atoms with E-state index in [9.17, 15) is 9.90 Å². The quantitative estimate of drug-likeness (QED) is 0.522. The molecule has 0 spiro atoms. The molecule has 0 saturated carbocycles. The average molecular weight is 306 g/mol. The van der Waals surface area contributed by atoms with Crippen LogP contribution in [0.3, 0.4) is 0 Å². The van der Waals surface area contributed by atoms with Crippen LogP contribution in [-0.4, -0.2) is 24.8 Å². The fraction of sp³-hybridized carbons (Fsp3) is 0.471. The molecule has 0 aromatic heterocycles. The van der Waals surface area contributed by atoms with Crippen LogP contribution in [0.5, 0.6) is 0 Å². The van der Waals surface area contributed by atoms with Gasteiger partial charge in [-0.25, -0.2) is 4.79 Å². The van der Waals surface area contributed by atoms with E-state index in [-0.39, 0.29) is 0 Å². The first-order valence-electron chi connectivity index (χ1n) is 7.19. The predicted octanol–water partition coefficient (Wildman–Crippen LogP) is 3.87. The van der Waals surface area contributed by atoms with Gasteiger partial charge in [0.2, 0.25) is 0 Å². The van der Waals surface area contributed by atoms with Crippen LogP contribution in [0.2, 0.25) is 19.6 Å². The lowest BCUT2D eigenvalue weighted by Crippen LogP contribution is -2.29. The van der Waals surface area contributed by atoms with Gasteiger partial charge in [-0.05, 0) is 26.3 Å². The highest BCUT2D eigenvalue weighted by Crippen LogP contribution is 2.26. The number of hydrogen-bond donors (Lipinski definition) is 1. The maximum atomic E-state index is 12.4. The standard InChI is InChI=1S/C17H26O3Si/c1-17(2,3)20-16(19)14(12-21(4,5)6)15(18)13-10-8-7-9-11-13/h7-12,15,18H,1-6H3/b14-12-. The minimum Gasteiger partial charge on any atom is -0.457 e. The molecule has 1 N–H and O–H groups in total. The second-order valence-electron chi connectivity index (χ2n) is 7.28. The van der Waals surface area contributed by atoms with E-state index in [1.165, 1.54) is 0 Å². The van der Waals surface area contributed by atoms with Crippen LogP contribution in [-0.2, 0) is 9.53 Å². The number of carbonyl (C=O) groups excluding carboxylic acids is 1. The minimum atomic E-state index is -1.68. The summed E-state index contributed by atoms with van der Waals surface area (Å²) < 4.78 is 5.44. The molecule has 0 aliphatic rings. The van der Waals surface area contributed by atoms with Gasteiger partial charge < -0.3 is 9.84 Å². The second kappa shape index (κ2) is 6.58. The van der Waals surface area contributed by atoms with Gasteiger partial charge in [-0.3, -0.25) is 0 Å². The molecule has 1 atom stereocenters. The first kappa shape index (κ1) is 17.7. The van der Waals surface area contributed by atoms with Gasteiger partial charge in [-0.2, -0.15) is 0 Å². The normalized spacial score (nSPS) is 14.7. The minimum absolute atomic E-state index is 0.343. The fourth-order valence-corrected chi connectivity index (χ4v) is 3.08. The largest absolute Gasteiger partial charge is 0.457 e. The number of esters is 1. The van der Waals surface area contributed by atoms with Gasteiger partial charge in [-0.15, -0.1) is 0 Å². The number of aliphatic hydroxyl groups excluding tert-OH is 1. The van der Waals surface area contributed by atoms with Crippen molar-refractivity contribution in [3.05, 3.63) is 47.2 Å². The number of aliphatic hydroxyl groups is 1. The van der Waals surface area contributed by atoms with E-state index in [4.69, 9.17) is 4.74 Å². The summed E-state index contributed by atoms with van der Waals surface area (Å²) >= 11 is 0. The summed E-state index contributed by atoms with van der Waals surface area (Å²) in [6, 6.07) is 9.20. The highest BCUT2D eigenvalue weighted by Gasteiger charge is 2.28. The summed E-state index contributed by atoms with van der Waals surface area (Å²) in [6.07, 6.45) is -0.951. The zero-order chi connectivity index (χ0) is 16.3. The topological polar surface area (TPSA) is 46.5 Å². The zero-order valence-corrected chi connectivity index (χ0v) is 14.8. The van der Waals surface area contributed by atoms with Crippen LogP contribution in [0.1, 0.15) is 32.4 Å². The monoisotopic (exact) mass is 306 g/mol. The van der Waals surface area contributed by atoms with Crippen molar-refractivity contribution in [2.45, 2.75) is 52.1 Å². The SMILES string of the molecule is CC(C)(C)OC(=O)/C(=C\[Si](C)(C)C)C(O)c1ccccc1. The zero-order valence-electron chi connectivity index (χ0n) is 13.8. The van der Waals surface area contributed by atoms with E-state index in [1.807, 2.05) is 56.8 Å². The number of benzene rings is 1. The molecule has 116 valence electrons. The summed E-state index contributed by atoms with van der Waals surface area (Å²) in [5.74, 6) is -0.443. The lowest BCUT2D eigenvalue weighted by molar-refractivity contribution is -0.151. The Morgan fingerprint density at radius 2 is 1.71 bits per heavy atom. The van der Waals surface area contributed by atoms with Crippen molar-refractivity contribution in [1.82, 2.24) is 0 Å². The van der Waals surface area contributed by atoms with Crippen LogP contribution in [0, 0.1) is 0 Å². The Hall–Kier alpha value is -1.39. The van der Waals surface area contributed by atoms with E-state index in [2.05, 4.69) is 19.6 Å². The molecule has 0 heterocycles. The van der Waals surface area contributed by atoms with Gasteiger partial charge in [-0.1, -0.05) is 55.7 Å². The van der Waals surface area contributed by atoms with Crippen molar-refractivity contribution in [2.24, 2.45) is 0 Å². The molecule has 0 bridgehead atoms. The van der Waals surface area contributed by atoms with Gasteiger partial charge in [0.15, 0.2) is 0 Å². The van der Waals surface area contributed by atoms with Crippen LogP contribution in [0.15, 0.2) is 41.6 Å². The molecule has 1 rings (SSSR count). The third-order valence-electron chi connectivity index (χ3n) is 2.63. The molecule has 1 aromatic carbocycles. The Balaban J connectivity index is 3.15. The van der Waals surface area contributed by atoms with Crippen molar-refractivity contribution < 1.29 is 14.6 Å². The van der Waals surface area contributed by atoms with E-state index < -0.39 is 25.7 Å². The van der Waals surface area contributed by atoms with Crippen molar-refractivity contribution in [2.75, 3.05) is 0 Å². The van der Waals surface area contributed by atoms with Gasteiger partial charge >= 0.3 is 5.97 Å². The number of rotatable bonds is 4. The molecule has 0 aliphatic heterocycles. The second-order valence-corrected chi connectivity index (χ2v) is 12.3. The first-order chi connectivity index (χ1) is 9.49. The molecule has 1 unspecified atom stereocenters. The summed E-state index contributed by atoms with van der Waals surface area (Å²) in [6.45, 7) is 11.8. The van der Waals surface area contributed by atoms with Crippen LogP contribution < -0.4 is 0 Å². The lowest BCUT2D eigenvalue weighted by atomic mass is 10.0. The molecule has 0 saturated heterocycles. The predicted molar refractivity (Wildman–Crippen MR) is 88.7 cm³/mol. The van der Waals surface area contributed by atoms with E-state index in [0.29, 0.717) is 11.1 Å². The Kier molecular flexibility index (Phi) is 5.53. The summed E-state index contributed by atoms with van der Waals surface area (Å²) in [7, 11) is -1.68. The third-order valence-corrected chi connectivity index (χ3v) is 3.81. The van der Waals surface area contributed by atoms with Crippen LogP contribution >= 0.6 is 0 Å². The van der Waals surface area contributed by atoms with Gasteiger partial charge in [0.1, 0.15) is 11.7 Å². The van der Waals surface area contributed by atoms with Crippen LogP contribution in [0.4, 0.5) is 0 Å². The van der Waals surface area contributed by atoms with Gasteiger partial charge in [0, 0.05) is 0 Å². The maximum absolute atomic E-state index is 12.4. The molecule has 0 amide bonds. The highest BCUT2D eigenvalue weighted by molar-refractivity contribution is 6.81. The summed E-state index contributed by atoms with van der Waals surface area (Å²) in [5.41, 5.74) is 2.38. The molecule has 0 fully saturated rings. The lowest BCUT2D eigenvalue weighted by Gasteiger charge is -2.24. The Bertz CT molecular complexity index is 507. The molecule has 3 nitrogen and oxygen atoms in total. The average Bonchev–Trinajstić information content (AvgIpc) is 2.33. The number of ether oxygens (including phenoxy) is 1. The van der Waals surface area contributed by atoms with Crippen LogP contribution in [0.25, 0.3) is 0 Å². The van der Waals surface area contributed by atoms with E-state index in [0.717, 1.165) is 0 Å². The highest BCUT2D eigenvalue weighted by atomic mass is 28.3.